The van der Waals surface area contributed by atoms with E-state index < -0.39 is 5.97 Å². The van der Waals surface area contributed by atoms with Crippen molar-refractivity contribution in [2.45, 2.75) is 45.1 Å². The van der Waals surface area contributed by atoms with Crippen LogP contribution < -0.4 is 4.74 Å². The largest absolute Gasteiger partial charge is 0.490 e. The summed E-state index contributed by atoms with van der Waals surface area (Å²) >= 11 is 0. The van der Waals surface area contributed by atoms with Gasteiger partial charge in [0, 0.05) is 5.92 Å². The second kappa shape index (κ2) is 5.89. The third-order valence-corrected chi connectivity index (χ3v) is 3.55. The van der Waals surface area contributed by atoms with Gasteiger partial charge in [0.15, 0.2) is 0 Å². The van der Waals surface area contributed by atoms with Gasteiger partial charge in [0.05, 0.1) is 6.42 Å². The van der Waals surface area contributed by atoms with Gasteiger partial charge in [0.1, 0.15) is 11.9 Å². The summed E-state index contributed by atoms with van der Waals surface area (Å²) in [7, 11) is 0. The highest BCUT2D eigenvalue weighted by atomic mass is 16.5. The van der Waals surface area contributed by atoms with Crippen molar-refractivity contribution >= 4 is 5.97 Å². The molecule has 1 fully saturated rings. The average Bonchev–Trinajstić information content (AvgIpc) is 2.31. The molecular formula is C15H20O3. The monoisotopic (exact) mass is 248 g/mol. The maximum absolute atomic E-state index is 10.9. The van der Waals surface area contributed by atoms with Crippen LogP contribution >= 0.6 is 0 Å². The SMILES string of the molecule is Cc1cccc(OC2CCCCC2CC(=O)O)c1. The Bertz CT molecular complexity index is 414. The molecule has 98 valence electrons. The van der Waals surface area contributed by atoms with E-state index in [2.05, 4.69) is 0 Å². The summed E-state index contributed by atoms with van der Waals surface area (Å²) in [5.41, 5.74) is 1.16. The van der Waals surface area contributed by atoms with E-state index in [1.54, 1.807) is 0 Å². The van der Waals surface area contributed by atoms with E-state index in [0.29, 0.717) is 0 Å². The number of hydrogen-bond acceptors (Lipinski definition) is 2. The lowest BCUT2D eigenvalue weighted by molar-refractivity contribution is -0.139. The zero-order chi connectivity index (χ0) is 13.0. The Morgan fingerprint density at radius 1 is 1.39 bits per heavy atom. The predicted octanol–water partition coefficient (Wildman–Crippen LogP) is 3.41. The van der Waals surface area contributed by atoms with Gasteiger partial charge < -0.3 is 9.84 Å². The first-order valence-electron chi connectivity index (χ1n) is 6.60. The number of carboxylic acid groups (broad SMARTS) is 1. The molecule has 3 nitrogen and oxygen atoms in total. The molecule has 0 amide bonds. The number of benzene rings is 1. The Morgan fingerprint density at radius 2 is 2.17 bits per heavy atom. The first-order chi connectivity index (χ1) is 8.65. The van der Waals surface area contributed by atoms with Crippen molar-refractivity contribution in [1.29, 1.82) is 0 Å². The normalized spacial score (nSPS) is 23.6. The molecule has 2 atom stereocenters. The van der Waals surface area contributed by atoms with Crippen molar-refractivity contribution in [2.24, 2.45) is 5.92 Å². The lowest BCUT2D eigenvalue weighted by atomic mass is 9.84. The predicted molar refractivity (Wildman–Crippen MR) is 69.8 cm³/mol. The molecule has 18 heavy (non-hydrogen) atoms. The lowest BCUT2D eigenvalue weighted by Gasteiger charge is -2.31. The number of carboxylic acids is 1. The van der Waals surface area contributed by atoms with Gasteiger partial charge in [-0.05, 0) is 43.9 Å². The van der Waals surface area contributed by atoms with Gasteiger partial charge in [-0.1, -0.05) is 18.6 Å². The van der Waals surface area contributed by atoms with Crippen molar-refractivity contribution in [2.75, 3.05) is 0 Å². The molecule has 2 unspecified atom stereocenters. The number of rotatable bonds is 4. The highest BCUT2D eigenvalue weighted by Gasteiger charge is 2.28. The van der Waals surface area contributed by atoms with Crippen LogP contribution in [0.2, 0.25) is 0 Å². The molecule has 0 aliphatic heterocycles. The molecule has 0 spiro atoms. The summed E-state index contributed by atoms with van der Waals surface area (Å²) in [5.74, 6) is 0.286. The highest BCUT2D eigenvalue weighted by molar-refractivity contribution is 5.67. The number of hydrogen-bond donors (Lipinski definition) is 1. The maximum atomic E-state index is 10.9. The molecule has 1 saturated carbocycles. The van der Waals surface area contributed by atoms with Crippen LogP contribution in [0.15, 0.2) is 24.3 Å². The van der Waals surface area contributed by atoms with Crippen molar-refractivity contribution < 1.29 is 14.6 Å². The van der Waals surface area contributed by atoms with Crippen molar-refractivity contribution in [3.05, 3.63) is 29.8 Å². The van der Waals surface area contributed by atoms with Gasteiger partial charge in [-0.25, -0.2) is 0 Å². The lowest BCUT2D eigenvalue weighted by Crippen LogP contribution is -2.32. The van der Waals surface area contributed by atoms with E-state index >= 15 is 0 Å². The zero-order valence-corrected chi connectivity index (χ0v) is 10.8. The molecule has 0 aromatic heterocycles. The maximum Gasteiger partial charge on any atom is 0.303 e. The number of carbonyl (C=O) groups is 1. The first kappa shape index (κ1) is 12.9. The minimum atomic E-state index is -0.722. The van der Waals surface area contributed by atoms with Crippen molar-refractivity contribution in [3.8, 4) is 5.75 Å². The van der Waals surface area contributed by atoms with Crippen LogP contribution in [-0.4, -0.2) is 17.2 Å². The van der Waals surface area contributed by atoms with Crippen molar-refractivity contribution in [1.82, 2.24) is 0 Å². The Morgan fingerprint density at radius 3 is 2.89 bits per heavy atom. The molecule has 3 heteroatoms. The van der Waals surface area contributed by atoms with E-state index in [1.165, 1.54) is 0 Å². The molecule has 1 aromatic rings. The topological polar surface area (TPSA) is 46.5 Å². The molecule has 0 bridgehead atoms. The van der Waals surface area contributed by atoms with Crippen molar-refractivity contribution in [3.63, 3.8) is 0 Å². The number of aryl methyl sites for hydroxylation is 1. The molecule has 1 aliphatic carbocycles. The van der Waals surface area contributed by atoms with E-state index in [9.17, 15) is 4.79 Å². The Hall–Kier alpha value is -1.51. The van der Waals surface area contributed by atoms with Gasteiger partial charge in [0.25, 0.3) is 0 Å². The molecular weight excluding hydrogens is 228 g/mol. The Balaban J connectivity index is 2.03. The van der Waals surface area contributed by atoms with Gasteiger partial charge in [-0.3, -0.25) is 4.79 Å². The van der Waals surface area contributed by atoms with E-state index in [-0.39, 0.29) is 18.4 Å². The molecule has 2 rings (SSSR count). The molecule has 1 aliphatic rings. The molecule has 1 N–H and O–H groups in total. The molecule has 0 heterocycles. The Kier molecular flexibility index (Phi) is 4.24. The van der Waals surface area contributed by atoms with E-state index in [1.807, 2.05) is 31.2 Å². The van der Waals surface area contributed by atoms with Crippen LogP contribution in [-0.2, 0) is 4.79 Å². The highest BCUT2D eigenvalue weighted by Crippen LogP contribution is 2.30. The van der Waals surface area contributed by atoms with Crippen LogP contribution in [0, 0.1) is 12.8 Å². The van der Waals surface area contributed by atoms with Gasteiger partial charge in [0.2, 0.25) is 0 Å². The number of ether oxygens (including phenoxy) is 1. The summed E-state index contributed by atoms with van der Waals surface area (Å²) in [6, 6.07) is 7.95. The van der Waals surface area contributed by atoms with Crippen LogP contribution in [0.1, 0.15) is 37.7 Å². The first-order valence-corrected chi connectivity index (χ1v) is 6.60. The summed E-state index contributed by atoms with van der Waals surface area (Å²) in [6.45, 7) is 2.03. The van der Waals surface area contributed by atoms with Crippen LogP contribution in [0.4, 0.5) is 0 Å². The van der Waals surface area contributed by atoms with Crippen LogP contribution in [0.25, 0.3) is 0 Å². The molecule has 0 saturated heterocycles. The number of aliphatic carboxylic acids is 1. The van der Waals surface area contributed by atoms with Crippen LogP contribution in [0.3, 0.4) is 0 Å². The third kappa shape index (κ3) is 3.49. The summed E-state index contributed by atoms with van der Waals surface area (Å²) in [5, 5.41) is 8.94. The smallest absolute Gasteiger partial charge is 0.303 e. The fourth-order valence-electron chi connectivity index (χ4n) is 2.65. The average molecular weight is 248 g/mol. The van der Waals surface area contributed by atoms with Crippen LogP contribution in [0.5, 0.6) is 5.75 Å². The van der Waals surface area contributed by atoms with E-state index in [0.717, 1.165) is 37.0 Å². The fourth-order valence-corrected chi connectivity index (χ4v) is 2.65. The molecule has 1 aromatic carbocycles. The summed E-state index contributed by atoms with van der Waals surface area (Å²) in [6.07, 6.45) is 4.44. The zero-order valence-electron chi connectivity index (χ0n) is 10.8. The standard InChI is InChI=1S/C15H20O3/c1-11-5-4-7-13(9-11)18-14-8-3-2-6-12(14)10-15(16)17/h4-5,7,9,12,14H,2-3,6,8,10H2,1H3,(H,16,17). The van der Waals surface area contributed by atoms with Gasteiger partial charge >= 0.3 is 5.97 Å². The molecule has 0 radical (unpaired) electrons. The quantitative estimate of drug-likeness (QED) is 0.888. The summed E-state index contributed by atoms with van der Waals surface area (Å²) < 4.78 is 5.99. The summed E-state index contributed by atoms with van der Waals surface area (Å²) in [4.78, 5) is 10.9. The van der Waals surface area contributed by atoms with Gasteiger partial charge in [-0.15, -0.1) is 0 Å². The minimum absolute atomic E-state index is 0.0525. The van der Waals surface area contributed by atoms with E-state index in [4.69, 9.17) is 9.84 Å². The fraction of sp³-hybridized carbons (Fsp3) is 0.533. The Labute approximate surface area is 108 Å². The second-order valence-corrected chi connectivity index (χ2v) is 5.12. The minimum Gasteiger partial charge on any atom is -0.490 e. The second-order valence-electron chi connectivity index (χ2n) is 5.12. The third-order valence-electron chi connectivity index (χ3n) is 3.55. The van der Waals surface area contributed by atoms with Gasteiger partial charge in [-0.2, -0.15) is 0 Å².